The molecule has 6 nitrogen and oxygen atoms in total. The summed E-state index contributed by atoms with van der Waals surface area (Å²) in [7, 11) is 0. The number of carbonyl (C=O) groups is 1. The van der Waals surface area contributed by atoms with Crippen LogP contribution in [0.4, 0.5) is 0 Å². The van der Waals surface area contributed by atoms with E-state index in [9.17, 15) is 10.1 Å². The highest BCUT2D eigenvalue weighted by molar-refractivity contribution is 6.00. The lowest BCUT2D eigenvalue weighted by Gasteiger charge is -2.36. The zero-order chi connectivity index (χ0) is 19.2. The second-order valence-corrected chi connectivity index (χ2v) is 7.76. The largest absolute Gasteiger partial charge is 0.444 e. The van der Waals surface area contributed by atoms with Crippen LogP contribution in [0, 0.1) is 16.7 Å². The summed E-state index contributed by atoms with van der Waals surface area (Å²) in [5, 5.41) is 14.1. The Morgan fingerprint density at radius 2 is 2.04 bits per heavy atom. The summed E-state index contributed by atoms with van der Waals surface area (Å²) in [6.45, 7) is 4.06. The number of Topliss-reactive ketones (excluding diaryl/α,β-unsaturated/α-hetero) is 1. The van der Waals surface area contributed by atoms with Crippen molar-refractivity contribution < 1.29 is 9.53 Å². The lowest BCUT2D eigenvalue weighted by atomic mass is 9.70. The van der Waals surface area contributed by atoms with Crippen LogP contribution in [0.5, 0.6) is 0 Å². The van der Waals surface area contributed by atoms with Crippen molar-refractivity contribution in [3.63, 3.8) is 0 Å². The number of hydrogen-bond acceptors (Lipinski definition) is 5. The Bertz CT molecular complexity index is 1020. The first-order valence-corrected chi connectivity index (χ1v) is 8.83. The average Bonchev–Trinajstić information content (AvgIpc) is 3.10. The molecule has 0 unspecified atom stereocenters. The van der Waals surface area contributed by atoms with E-state index < -0.39 is 5.92 Å². The number of rotatable bonds is 2. The molecule has 1 atom stereocenters. The summed E-state index contributed by atoms with van der Waals surface area (Å²) in [5.74, 6) is 0.100. The van der Waals surface area contributed by atoms with Crippen LogP contribution in [-0.4, -0.2) is 15.6 Å². The van der Waals surface area contributed by atoms with E-state index in [1.807, 2.05) is 50.4 Å². The van der Waals surface area contributed by atoms with E-state index in [2.05, 4.69) is 11.2 Å². The van der Waals surface area contributed by atoms with Gasteiger partial charge in [0.25, 0.3) is 0 Å². The van der Waals surface area contributed by atoms with Crippen molar-refractivity contribution in [1.82, 2.24) is 9.78 Å². The maximum atomic E-state index is 12.9. The first-order valence-electron chi connectivity index (χ1n) is 8.83. The maximum Gasteiger partial charge on any atom is 0.205 e. The number of nitriles is 1. The Hall–Kier alpha value is -3.33. The number of allylic oxidation sites excluding steroid dienone is 3. The van der Waals surface area contributed by atoms with Crippen LogP contribution in [0.2, 0.25) is 0 Å². The average molecular weight is 360 g/mol. The third-order valence-electron chi connectivity index (χ3n) is 5.03. The molecular formula is C21H20N4O2. The molecular weight excluding hydrogens is 340 g/mol. The van der Waals surface area contributed by atoms with Crippen molar-refractivity contribution in [2.45, 2.75) is 32.6 Å². The van der Waals surface area contributed by atoms with Crippen molar-refractivity contribution >= 4 is 5.78 Å². The molecule has 0 spiro atoms. The number of ether oxygens (including phenoxy) is 1. The van der Waals surface area contributed by atoms with Gasteiger partial charge in [0.15, 0.2) is 5.78 Å². The van der Waals surface area contributed by atoms with Gasteiger partial charge < -0.3 is 10.5 Å². The minimum Gasteiger partial charge on any atom is -0.444 e. The molecule has 1 aliphatic carbocycles. The second-order valence-electron chi connectivity index (χ2n) is 7.76. The molecule has 0 saturated heterocycles. The fourth-order valence-corrected chi connectivity index (χ4v) is 3.83. The SMILES string of the molecule is CC1(C)CC(=O)C2=C(C1)OC(N)=C(C#N)[C@@H]2c1cnn(-c2ccccc2)c1. The predicted molar refractivity (Wildman–Crippen MR) is 99.3 cm³/mol. The molecule has 27 heavy (non-hydrogen) atoms. The van der Waals surface area contributed by atoms with Crippen LogP contribution < -0.4 is 5.73 Å². The van der Waals surface area contributed by atoms with Crippen LogP contribution in [0.1, 0.15) is 38.2 Å². The molecule has 4 rings (SSSR count). The Balaban J connectivity index is 1.83. The number of para-hydroxylation sites is 1. The highest BCUT2D eigenvalue weighted by Crippen LogP contribution is 2.47. The molecule has 0 radical (unpaired) electrons. The van der Waals surface area contributed by atoms with Gasteiger partial charge in [0, 0.05) is 30.2 Å². The topological polar surface area (TPSA) is 93.9 Å². The third-order valence-corrected chi connectivity index (χ3v) is 5.03. The van der Waals surface area contributed by atoms with E-state index in [0.29, 0.717) is 24.2 Å². The van der Waals surface area contributed by atoms with E-state index in [4.69, 9.17) is 10.5 Å². The van der Waals surface area contributed by atoms with Crippen molar-refractivity contribution in [2.24, 2.45) is 11.1 Å². The van der Waals surface area contributed by atoms with E-state index in [1.54, 1.807) is 10.9 Å². The number of ketones is 1. The normalized spacial score (nSPS) is 21.5. The second kappa shape index (κ2) is 6.13. The number of aromatic nitrogens is 2. The Labute approximate surface area is 157 Å². The summed E-state index contributed by atoms with van der Waals surface area (Å²) < 4.78 is 7.44. The van der Waals surface area contributed by atoms with E-state index in [1.165, 1.54) is 0 Å². The van der Waals surface area contributed by atoms with Gasteiger partial charge in [-0.2, -0.15) is 10.4 Å². The number of hydrogen-bond donors (Lipinski definition) is 1. The van der Waals surface area contributed by atoms with Gasteiger partial charge in [-0.25, -0.2) is 4.68 Å². The fraction of sp³-hybridized carbons (Fsp3) is 0.286. The lowest BCUT2D eigenvalue weighted by Crippen LogP contribution is -2.33. The van der Waals surface area contributed by atoms with Crippen LogP contribution >= 0.6 is 0 Å². The Morgan fingerprint density at radius 3 is 2.74 bits per heavy atom. The summed E-state index contributed by atoms with van der Waals surface area (Å²) in [5.41, 5.74) is 8.29. The molecule has 6 heteroatoms. The molecule has 0 saturated carbocycles. The number of nitrogens with zero attached hydrogens (tertiary/aromatic N) is 3. The van der Waals surface area contributed by atoms with Crippen molar-refractivity contribution in [3.8, 4) is 11.8 Å². The van der Waals surface area contributed by atoms with Gasteiger partial charge in [-0.1, -0.05) is 32.0 Å². The Morgan fingerprint density at radius 1 is 1.30 bits per heavy atom. The molecule has 0 bridgehead atoms. The number of carbonyl (C=O) groups excluding carboxylic acids is 1. The van der Waals surface area contributed by atoms with Crippen LogP contribution in [-0.2, 0) is 9.53 Å². The standard InChI is InChI=1S/C21H20N4O2/c1-21(2)8-16(26)19-17(9-21)27-20(23)15(10-22)18(19)13-11-24-25(12-13)14-6-4-3-5-7-14/h3-7,11-12,18H,8-9,23H2,1-2H3/t18-/m0/s1. The maximum absolute atomic E-state index is 12.9. The van der Waals surface area contributed by atoms with Gasteiger partial charge in [0.2, 0.25) is 5.88 Å². The van der Waals surface area contributed by atoms with Crippen LogP contribution in [0.25, 0.3) is 5.69 Å². The summed E-state index contributed by atoms with van der Waals surface area (Å²) in [6, 6.07) is 11.8. The highest BCUT2D eigenvalue weighted by atomic mass is 16.5. The van der Waals surface area contributed by atoms with Crippen molar-refractivity contribution in [2.75, 3.05) is 0 Å². The minimum absolute atomic E-state index is 0.000962. The van der Waals surface area contributed by atoms with Gasteiger partial charge in [-0.15, -0.1) is 0 Å². The minimum atomic E-state index is -0.542. The van der Waals surface area contributed by atoms with Gasteiger partial charge in [0.1, 0.15) is 17.4 Å². The lowest BCUT2D eigenvalue weighted by molar-refractivity contribution is -0.119. The third kappa shape index (κ3) is 2.91. The van der Waals surface area contributed by atoms with Crippen LogP contribution in [0.15, 0.2) is 65.5 Å². The first kappa shape index (κ1) is 17.1. The quantitative estimate of drug-likeness (QED) is 0.886. The van der Waals surface area contributed by atoms with E-state index >= 15 is 0 Å². The molecule has 0 amide bonds. The van der Waals surface area contributed by atoms with Crippen molar-refractivity contribution in [3.05, 3.63) is 71.1 Å². The van der Waals surface area contributed by atoms with Gasteiger partial charge in [-0.3, -0.25) is 4.79 Å². The number of nitrogens with two attached hydrogens (primary N) is 1. The summed E-state index contributed by atoms with van der Waals surface area (Å²) >= 11 is 0. The summed E-state index contributed by atoms with van der Waals surface area (Å²) in [6.07, 6.45) is 4.55. The van der Waals surface area contributed by atoms with Gasteiger partial charge in [0.05, 0.1) is 17.8 Å². The highest BCUT2D eigenvalue weighted by Gasteiger charge is 2.43. The summed E-state index contributed by atoms with van der Waals surface area (Å²) in [4.78, 5) is 12.9. The van der Waals surface area contributed by atoms with E-state index in [-0.39, 0.29) is 22.7 Å². The molecule has 1 aromatic carbocycles. The Kier molecular flexibility index (Phi) is 3.88. The van der Waals surface area contributed by atoms with Crippen LogP contribution in [0.3, 0.4) is 0 Å². The smallest absolute Gasteiger partial charge is 0.205 e. The van der Waals surface area contributed by atoms with Crippen molar-refractivity contribution in [1.29, 1.82) is 5.26 Å². The molecule has 1 aromatic heterocycles. The predicted octanol–water partition coefficient (Wildman–Crippen LogP) is 3.32. The zero-order valence-corrected chi connectivity index (χ0v) is 15.3. The van der Waals surface area contributed by atoms with Gasteiger partial charge >= 0.3 is 0 Å². The zero-order valence-electron chi connectivity index (χ0n) is 15.3. The molecule has 2 aliphatic rings. The number of benzene rings is 1. The molecule has 2 N–H and O–H groups in total. The monoisotopic (exact) mass is 360 g/mol. The molecule has 1 aliphatic heterocycles. The molecule has 136 valence electrons. The molecule has 2 aromatic rings. The van der Waals surface area contributed by atoms with Gasteiger partial charge in [-0.05, 0) is 17.5 Å². The molecule has 0 fully saturated rings. The fourth-order valence-electron chi connectivity index (χ4n) is 3.83. The molecule has 2 heterocycles. The first-order chi connectivity index (χ1) is 12.9. The van der Waals surface area contributed by atoms with E-state index in [0.717, 1.165) is 11.3 Å².